The average molecular weight is 440 g/mol. The number of amides is 2. The Morgan fingerprint density at radius 1 is 1.12 bits per heavy atom. The molecule has 0 spiro atoms. The summed E-state index contributed by atoms with van der Waals surface area (Å²) < 4.78 is 6.13. The van der Waals surface area contributed by atoms with Gasteiger partial charge in [-0.1, -0.05) is 18.5 Å². The fourth-order valence-electron chi connectivity index (χ4n) is 2.26. The first kappa shape index (κ1) is 20.3. The van der Waals surface area contributed by atoms with Crippen molar-refractivity contribution in [2.45, 2.75) is 26.7 Å². The van der Waals surface area contributed by atoms with Crippen LogP contribution in [0.5, 0.6) is 5.75 Å². The van der Waals surface area contributed by atoms with Crippen LogP contribution in [0.25, 0.3) is 0 Å². The van der Waals surface area contributed by atoms with E-state index >= 15 is 0 Å². The molecule has 0 fully saturated rings. The van der Waals surface area contributed by atoms with Gasteiger partial charge in [0.05, 0.1) is 21.8 Å². The van der Waals surface area contributed by atoms with Crippen LogP contribution in [0.2, 0.25) is 5.02 Å². The summed E-state index contributed by atoms with van der Waals surface area (Å²) in [4.78, 5) is 24.2. The largest absolute Gasteiger partial charge is 0.493 e. The highest BCUT2D eigenvalue weighted by Gasteiger charge is 2.12. The number of hydrogen-bond acceptors (Lipinski definition) is 3. The summed E-state index contributed by atoms with van der Waals surface area (Å²) >= 11 is 9.56. The van der Waals surface area contributed by atoms with E-state index in [1.165, 1.54) is 0 Å². The molecule has 0 heterocycles. The Morgan fingerprint density at radius 2 is 1.88 bits per heavy atom. The Bertz CT molecular complexity index is 811. The maximum absolute atomic E-state index is 12.5. The van der Waals surface area contributed by atoms with Crippen molar-refractivity contribution in [2.24, 2.45) is 0 Å². The number of benzene rings is 2. The summed E-state index contributed by atoms with van der Waals surface area (Å²) in [5.41, 5.74) is 1.46. The third kappa shape index (κ3) is 5.47. The summed E-state index contributed by atoms with van der Waals surface area (Å²) in [6.45, 7) is 4.36. The minimum atomic E-state index is -0.312. The number of anilines is 2. The Morgan fingerprint density at radius 3 is 2.54 bits per heavy atom. The first-order chi connectivity index (χ1) is 12.4. The molecule has 0 unspecified atom stereocenters. The molecule has 0 atom stereocenters. The van der Waals surface area contributed by atoms with E-state index in [9.17, 15) is 9.59 Å². The van der Waals surface area contributed by atoms with Gasteiger partial charge in [0.15, 0.2) is 0 Å². The van der Waals surface area contributed by atoms with Crippen LogP contribution in [0.4, 0.5) is 11.4 Å². The zero-order valence-corrected chi connectivity index (χ0v) is 16.9. The van der Waals surface area contributed by atoms with E-state index in [0.717, 1.165) is 6.42 Å². The molecule has 5 nitrogen and oxygen atoms in total. The third-order valence-electron chi connectivity index (χ3n) is 3.47. The maximum atomic E-state index is 12.5. The molecular formula is C19H20BrClN2O3. The van der Waals surface area contributed by atoms with Gasteiger partial charge in [0.25, 0.3) is 5.91 Å². The molecule has 0 bridgehead atoms. The third-order valence-corrected chi connectivity index (χ3v) is 4.42. The zero-order valence-electron chi connectivity index (χ0n) is 14.6. The van der Waals surface area contributed by atoms with Crippen molar-refractivity contribution in [3.8, 4) is 5.75 Å². The van der Waals surface area contributed by atoms with E-state index in [1.807, 2.05) is 13.8 Å². The molecule has 0 aromatic heterocycles. The lowest BCUT2D eigenvalue weighted by Gasteiger charge is -2.12. The van der Waals surface area contributed by atoms with Crippen LogP contribution < -0.4 is 15.4 Å². The average Bonchev–Trinajstić information content (AvgIpc) is 2.60. The molecule has 0 aliphatic rings. The molecule has 2 aromatic carbocycles. The van der Waals surface area contributed by atoms with Crippen LogP contribution in [0.3, 0.4) is 0 Å². The number of rotatable bonds is 7. The highest BCUT2D eigenvalue weighted by molar-refractivity contribution is 9.10. The van der Waals surface area contributed by atoms with Crippen molar-refractivity contribution in [1.29, 1.82) is 0 Å². The molecule has 2 amide bonds. The quantitative estimate of drug-likeness (QED) is 0.599. The molecule has 2 rings (SSSR count). The Hall–Kier alpha value is -2.05. The SMILES string of the molecule is CCCC(=O)Nc1ccc(Cl)c(NC(=O)c2ccc(OCC)c(Br)c2)c1. The van der Waals surface area contributed by atoms with E-state index in [1.54, 1.807) is 36.4 Å². The number of carbonyl (C=O) groups is 2. The maximum Gasteiger partial charge on any atom is 0.255 e. The number of carbonyl (C=O) groups excluding carboxylic acids is 2. The molecule has 26 heavy (non-hydrogen) atoms. The van der Waals surface area contributed by atoms with Crippen LogP contribution in [0.15, 0.2) is 40.9 Å². The minimum Gasteiger partial charge on any atom is -0.493 e. The highest BCUT2D eigenvalue weighted by atomic mass is 79.9. The van der Waals surface area contributed by atoms with Crippen LogP contribution in [0.1, 0.15) is 37.0 Å². The van der Waals surface area contributed by atoms with Crippen molar-refractivity contribution >= 4 is 50.7 Å². The van der Waals surface area contributed by atoms with Crippen LogP contribution in [-0.4, -0.2) is 18.4 Å². The second-order valence-corrected chi connectivity index (χ2v) is 6.79. The second kappa shape index (κ2) is 9.59. The summed E-state index contributed by atoms with van der Waals surface area (Å²) in [5, 5.41) is 5.93. The normalized spacial score (nSPS) is 10.3. The van der Waals surface area contributed by atoms with Crippen molar-refractivity contribution in [3.63, 3.8) is 0 Å². The lowest BCUT2D eigenvalue weighted by atomic mass is 10.2. The van der Waals surface area contributed by atoms with Crippen LogP contribution in [-0.2, 0) is 4.79 Å². The van der Waals surface area contributed by atoms with E-state index < -0.39 is 0 Å². The van der Waals surface area contributed by atoms with E-state index in [4.69, 9.17) is 16.3 Å². The Labute approximate surface area is 166 Å². The molecule has 0 radical (unpaired) electrons. The lowest BCUT2D eigenvalue weighted by Crippen LogP contribution is -2.14. The second-order valence-electron chi connectivity index (χ2n) is 5.53. The molecule has 0 aliphatic heterocycles. The van der Waals surface area contributed by atoms with Gasteiger partial charge in [0, 0.05) is 17.7 Å². The minimum absolute atomic E-state index is 0.0810. The number of nitrogens with one attached hydrogen (secondary N) is 2. The first-order valence-electron chi connectivity index (χ1n) is 8.27. The summed E-state index contributed by atoms with van der Waals surface area (Å²) in [5.74, 6) is 0.276. The van der Waals surface area contributed by atoms with Gasteiger partial charge in [-0.3, -0.25) is 9.59 Å². The van der Waals surface area contributed by atoms with Crippen molar-refractivity contribution in [3.05, 3.63) is 51.5 Å². The molecule has 2 N–H and O–H groups in total. The van der Waals surface area contributed by atoms with Crippen molar-refractivity contribution < 1.29 is 14.3 Å². The monoisotopic (exact) mass is 438 g/mol. The summed E-state index contributed by atoms with van der Waals surface area (Å²) in [7, 11) is 0. The summed E-state index contributed by atoms with van der Waals surface area (Å²) in [6, 6.07) is 10.0. The molecule has 138 valence electrons. The van der Waals surface area contributed by atoms with Gasteiger partial charge in [-0.05, 0) is 65.7 Å². The molecule has 0 aliphatic carbocycles. The zero-order chi connectivity index (χ0) is 19.1. The Kier molecular flexibility index (Phi) is 7.48. The predicted molar refractivity (Wildman–Crippen MR) is 108 cm³/mol. The number of hydrogen-bond donors (Lipinski definition) is 2. The van der Waals surface area contributed by atoms with Crippen molar-refractivity contribution in [2.75, 3.05) is 17.2 Å². The Balaban J connectivity index is 2.15. The molecule has 7 heteroatoms. The van der Waals surface area contributed by atoms with Crippen LogP contribution in [0, 0.1) is 0 Å². The van der Waals surface area contributed by atoms with E-state index in [2.05, 4.69) is 26.6 Å². The van der Waals surface area contributed by atoms with Gasteiger partial charge in [0.2, 0.25) is 5.91 Å². The fourth-order valence-corrected chi connectivity index (χ4v) is 2.92. The lowest BCUT2D eigenvalue weighted by molar-refractivity contribution is -0.116. The molecule has 0 saturated heterocycles. The number of ether oxygens (including phenoxy) is 1. The molecule has 2 aromatic rings. The highest BCUT2D eigenvalue weighted by Crippen LogP contribution is 2.29. The molecular weight excluding hydrogens is 420 g/mol. The standard InChI is InChI=1S/C19H20BrClN2O3/c1-3-5-18(24)22-13-7-8-15(21)16(11-13)23-19(25)12-6-9-17(26-4-2)14(20)10-12/h6-11H,3-5H2,1-2H3,(H,22,24)(H,23,25). The van der Waals surface area contributed by atoms with Crippen molar-refractivity contribution in [1.82, 2.24) is 0 Å². The predicted octanol–water partition coefficient (Wildman–Crippen LogP) is 5.49. The number of halogens is 2. The van der Waals surface area contributed by atoms with E-state index in [0.29, 0.717) is 45.2 Å². The van der Waals surface area contributed by atoms with E-state index in [-0.39, 0.29) is 11.8 Å². The first-order valence-corrected chi connectivity index (χ1v) is 9.44. The van der Waals surface area contributed by atoms with Gasteiger partial charge in [-0.2, -0.15) is 0 Å². The summed E-state index contributed by atoms with van der Waals surface area (Å²) in [6.07, 6.45) is 1.19. The topological polar surface area (TPSA) is 67.4 Å². The van der Waals surface area contributed by atoms with Gasteiger partial charge >= 0.3 is 0 Å². The fraction of sp³-hybridized carbons (Fsp3) is 0.263. The van der Waals surface area contributed by atoms with Gasteiger partial charge in [-0.15, -0.1) is 0 Å². The van der Waals surface area contributed by atoms with Gasteiger partial charge in [0.1, 0.15) is 5.75 Å². The molecule has 0 saturated carbocycles. The smallest absolute Gasteiger partial charge is 0.255 e. The van der Waals surface area contributed by atoms with Gasteiger partial charge < -0.3 is 15.4 Å². The van der Waals surface area contributed by atoms with Gasteiger partial charge in [-0.25, -0.2) is 0 Å². The van der Waals surface area contributed by atoms with Crippen LogP contribution >= 0.6 is 27.5 Å².